The molecule has 0 spiro atoms. The van der Waals surface area contributed by atoms with E-state index in [9.17, 15) is 0 Å². The zero-order valence-electron chi connectivity index (χ0n) is 9.46. The van der Waals surface area contributed by atoms with E-state index in [1.165, 1.54) is 38.5 Å². The first-order valence-corrected chi connectivity index (χ1v) is 6.10. The Bertz CT molecular complexity index is 183. The fraction of sp³-hybridized carbons (Fsp3) is 1.00. The maximum Gasteiger partial charge on any atom is 0.0724 e. The van der Waals surface area contributed by atoms with Gasteiger partial charge in [-0.1, -0.05) is 13.3 Å². The average Bonchev–Trinajstić information content (AvgIpc) is 2.77. The minimum absolute atomic E-state index is 0.475. The lowest BCUT2D eigenvalue weighted by Crippen LogP contribution is -2.44. The number of hydrogen-bond donors (Lipinski definition) is 1. The Hall–Kier alpha value is -0.0800. The van der Waals surface area contributed by atoms with Gasteiger partial charge in [-0.2, -0.15) is 0 Å². The van der Waals surface area contributed by atoms with Crippen LogP contribution in [-0.2, 0) is 4.74 Å². The molecule has 2 nitrogen and oxygen atoms in total. The first-order valence-electron chi connectivity index (χ1n) is 6.10. The van der Waals surface area contributed by atoms with Crippen LogP contribution >= 0.6 is 0 Å². The van der Waals surface area contributed by atoms with Crippen LogP contribution in [-0.4, -0.2) is 25.3 Å². The summed E-state index contributed by atoms with van der Waals surface area (Å²) >= 11 is 0. The molecule has 1 N–H and O–H groups in total. The molecule has 2 saturated carbocycles. The first kappa shape index (κ1) is 10.4. The van der Waals surface area contributed by atoms with Crippen LogP contribution in [0.4, 0.5) is 0 Å². The van der Waals surface area contributed by atoms with E-state index in [4.69, 9.17) is 4.74 Å². The molecule has 0 aliphatic heterocycles. The van der Waals surface area contributed by atoms with Gasteiger partial charge in [0.05, 0.1) is 6.10 Å². The fourth-order valence-electron chi connectivity index (χ4n) is 3.07. The topological polar surface area (TPSA) is 21.3 Å². The normalized spacial score (nSPS) is 43.3. The van der Waals surface area contributed by atoms with E-state index >= 15 is 0 Å². The summed E-state index contributed by atoms with van der Waals surface area (Å²) in [6.07, 6.45) is 8.54. The van der Waals surface area contributed by atoms with Crippen LogP contribution in [0.5, 0.6) is 0 Å². The highest BCUT2D eigenvalue weighted by Crippen LogP contribution is 2.28. The molecule has 0 aromatic heterocycles. The van der Waals surface area contributed by atoms with Gasteiger partial charge in [-0.05, 0) is 38.0 Å². The van der Waals surface area contributed by atoms with Crippen molar-refractivity contribution in [3.05, 3.63) is 0 Å². The molecule has 2 aliphatic rings. The fourth-order valence-corrected chi connectivity index (χ4v) is 3.07. The van der Waals surface area contributed by atoms with Crippen LogP contribution in [0.3, 0.4) is 0 Å². The minimum Gasteiger partial charge on any atom is -0.380 e. The zero-order chi connectivity index (χ0) is 9.97. The molecule has 0 bridgehead atoms. The van der Waals surface area contributed by atoms with Crippen molar-refractivity contribution in [2.75, 3.05) is 7.11 Å². The molecule has 0 heterocycles. The van der Waals surface area contributed by atoms with Gasteiger partial charge in [0.15, 0.2) is 0 Å². The van der Waals surface area contributed by atoms with Crippen LogP contribution in [0, 0.1) is 5.92 Å². The predicted octanol–water partition coefficient (Wildman–Crippen LogP) is 2.33. The summed E-state index contributed by atoms with van der Waals surface area (Å²) < 4.78 is 5.51. The summed E-state index contributed by atoms with van der Waals surface area (Å²) in [5.41, 5.74) is 0. The van der Waals surface area contributed by atoms with Crippen molar-refractivity contribution >= 4 is 0 Å². The molecule has 82 valence electrons. The second-order valence-electron chi connectivity index (χ2n) is 4.99. The first-order chi connectivity index (χ1) is 6.81. The van der Waals surface area contributed by atoms with Gasteiger partial charge >= 0.3 is 0 Å². The largest absolute Gasteiger partial charge is 0.380 e. The summed E-state index contributed by atoms with van der Waals surface area (Å²) in [7, 11) is 1.85. The molecule has 0 aromatic rings. The van der Waals surface area contributed by atoms with E-state index < -0.39 is 0 Å². The lowest BCUT2D eigenvalue weighted by Gasteiger charge is -2.26. The van der Waals surface area contributed by atoms with Gasteiger partial charge in [-0.25, -0.2) is 0 Å². The Morgan fingerprint density at radius 3 is 2.36 bits per heavy atom. The lowest BCUT2D eigenvalue weighted by molar-refractivity contribution is 0.0796. The molecule has 14 heavy (non-hydrogen) atoms. The van der Waals surface area contributed by atoms with Crippen molar-refractivity contribution in [2.24, 2.45) is 5.92 Å². The van der Waals surface area contributed by atoms with E-state index in [0.717, 1.165) is 12.0 Å². The van der Waals surface area contributed by atoms with Crippen molar-refractivity contribution in [1.29, 1.82) is 0 Å². The Morgan fingerprint density at radius 2 is 1.71 bits per heavy atom. The summed E-state index contributed by atoms with van der Waals surface area (Å²) in [4.78, 5) is 0. The second kappa shape index (κ2) is 4.63. The van der Waals surface area contributed by atoms with E-state index in [-0.39, 0.29) is 0 Å². The van der Waals surface area contributed by atoms with E-state index in [0.29, 0.717) is 12.1 Å². The summed E-state index contributed by atoms with van der Waals surface area (Å²) in [5.74, 6) is 0.869. The molecule has 0 radical (unpaired) electrons. The summed E-state index contributed by atoms with van der Waals surface area (Å²) in [6.45, 7) is 2.38. The number of hydrogen-bond acceptors (Lipinski definition) is 2. The highest BCUT2D eigenvalue weighted by atomic mass is 16.5. The van der Waals surface area contributed by atoms with E-state index in [2.05, 4.69) is 12.2 Å². The Morgan fingerprint density at radius 1 is 1.00 bits per heavy atom. The number of nitrogens with one attached hydrogen (secondary N) is 1. The van der Waals surface area contributed by atoms with Gasteiger partial charge < -0.3 is 10.1 Å². The van der Waals surface area contributed by atoms with E-state index in [1.807, 2.05) is 7.11 Å². The van der Waals surface area contributed by atoms with Crippen molar-refractivity contribution in [3.63, 3.8) is 0 Å². The Kier molecular flexibility index (Phi) is 3.45. The van der Waals surface area contributed by atoms with Crippen molar-refractivity contribution in [2.45, 2.75) is 63.6 Å². The third kappa shape index (κ3) is 2.12. The number of methoxy groups -OCH3 is 1. The van der Waals surface area contributed by atoms with Crippen LogP contribution in [0.1, 0.15) is 45.4 Å². The van der Waals surface area contributed by atoms with Gasteiger partial charge in [-0.3, -0.25) is 0 Å². The molecule has 0 amide bonds. The standard InChI is InChI=1S/C12H23NO/c1-9-5-3-6-10(9)13-11-7-4-8-12(11)14-2/h9-13H,3-8H2,1-2H3/t9?,10?,11-,12-/m1/s1. The van der Waals surface area contributed by atoms with Crippen LogP contribution in [0.15, 0.2) is 0 Å². The third-order valence-electron chi connectivity index (χ3n) is 4.04. The smallest absolute Gasteiger partial charge is 0.0724 e. The van der Waals surface area contributed by atoms with Crippen LogP contribution < -0.4 is 5.32 Å². The highest BCUT2D eigenvalue weighted by Gasteiger charge is 2.32. The van der Waals surface area contributed by atoms with Gasteiger partial charge in [0, 0.05) is 19.2 Å². The number of ether oxygens (including phenoxy) is 1. The van der Waals surface area contributed by atoms with Crippen LogP contribution in [0.25, 0.3) is 0 Å². The SMILES string of the molecule is CO[C@@H]1CCC[C@H]1NC1CCCC1C. The molecule has 2 unspecified atom stereocenters. The van der Waals surface area contributed by atoms with Gasteiger partial charge in [-0.15, -0.1) is 0 Å². The third-order valence-corrected chi connectivity index (χ3v) is 4.04. The molecule has 4 atom stereocenters. The van der Waals surface area contributed by atoms with Crippen molar-refractivity contribution < 1.29 is 4.74 Å². The van der Waals surface area contributed by atoms with Gasteiger partial charge in [0.1, 0.15) is 0 Å². The highest BCUT2D eigenvalue weighted by molar-refractivity contribution is 4.90. The second-order valence-corrected chi connectivity index (χ2v) is 4.99. The maximum atomic E-state index is 5.51. The predicted molar refractivity (Wildman–Crippen MR) is 58.4 cm³/mol. The quantitative estimate of drug-likeness (QED) is 0.750. The van der Waals surface area contributed by atoms with Gasteiger partial charge in [0.2, 0.25) is 0 Å². The zero-order valence-corrected chi connectivity index (χ0v) is 9.46. The van der Waals surface area contributed by atoms with Crippen LogP contribution in [0.2, 0.25) is 0 Å². The Labute approximate surface area is 87.4 Å². The maximum absolute atomic E-state index is 5.51. The number of rotatable bonds is 3. The lowest BCUT2D eigenvalue weighted by atomic mass is 10.0. The molecule has 0 saturated heterocycles. The summed E-state index contributed by atoms with van der Waals surface area (Å²) in [5, 5.41) is 3.80. The van der Waals surface area contributed by atoms with Gasteiger partial charge in [0.25, 0.3) is 0 Å². The monoisotopic (exact) mass is 197 g/mol. The molecule has 0 aromatic carbocycles. The van der Waals surface area contributed by atoms with Crippen molar-refractivity contribution in [1.82, 2.24) is 5.32 Å². The molecular formula is C12H23NO. The molecule has 2 aliphatic carbocycles. The van der Waals surface area contributed by atoms with Crippen molar-refractivity contribution in [3.8, 4) is 0 Å². The molecular weight excluding hydrogens is 174 g/mol. The average molecular weight is 197 g/mol. The molecule has 2 fully saturated rings. The molecule has 2 heteroatoms. The Balaban J connectivity index is 1.83. The minimum atomic E-state index is 0.475. The van der Waals surface area contributed by atoms with E-state index in [1.54, 1.807) is 0 Å². The summed E-state index contributed by atoms with van der Waals surface area (Å²) in [6, 6.07) is 1.39. The molecule has 2 rings (SSSR count).